The van der Waals surface area contributed by atoms with Crippen molar-refractivity contribution in [3.05, 3.63) is 80.8 Å². The molecule has 2 aromatic rings. The zero-order chi connectivity index (χ0) is 23.9. The standard InChI is InChI=1S/C28H31Cl2N3O/c1-2-3-8-19-17-22(21-10-6-11-24(29)26(21)30)25-20-9-5-4-7-18(20)16-23(25)28(19,27(31)34)33-14-12-32-13-15-33/h4-7,9-11,17,19,32H,2-3,8,12-16H2,1H3,(H2,31,34). The molecular weight excluding hydrogens is 465 g/mol. The van der Waals surface area contributed by atoms with Gasteiger partial charge in [-0.15, -0.1) is 0 Å². The highest BCUT2D eigenvalue weighted by Gasteiger charge is 2.55. The molecule has 5 rings (SSSR count). The summed E-state index contributed by atoms with van der Waals surface area (Å²) in [6, 6.07) is 14.2. The number of nitrogens with two attached hydrogens (primary N) is 1. The van der Waals surface area contributed by atoms with Crippen molar-refractivity contribution in [1.29, 1.82) is 0 Å². The average Bonchev–Trinajstić information content (AvgIpc) is 3.24. The fraction of sp³-hybridized carbons (Fsp3) is 0.393. The van der Waals surface area contributed by atoms with Crippen LogP contribution in [-0.2, 0) is 11.2 Å². The minimum atomic E-state index is -0.847. The first-order valence-electron chi connectivity index (χ1n) is 12.2. The van der Waals surface area contributed by atoms with Crippen molar-refractivity contribution in [3.8, 4) is 0 Å². The number of carbonyl (C=O) groups is 1. The van der Waals surface area contributed by atoms with Crippen LogP contribution in [0.25, 0.3) is 11.1 Å². The molecule has 1 saturated heterocycles. The van der Waals surface area contributed by atoms with E-state index in [9.17, 15) is 4.79 Å². The quantitative estimate of drug-likeness (QED) is 0.568. The van der Waals surface area contributed by atoms with E-state index in [4.69, 9.17) is 28.9 Å². The van der Waals surface area contributed by atoms with Gasteiger partial charge in [-0.1, -0.05) is 85.4 Å². The van der Waals surface area contributed by atoms with Crippen LogP contribution in [0.4, 0.5) is 0 Å². The van der Waals surface area contributed by atoms with E-state index >= 15 is 0 Å². The molecule has 2 aromatic carbocycles. The molecule has 1 heterocycles. The highest BCUT2D eigenvalue weighted by Crippen LogP contribution is 2.55. The van der Waals surface area contributed by atoms with Crippen LogP contribution in [0.3, 0.4) is 0 Å². The molecule has 3 aliphatic rings. The molecule has 2 unspecified atom stereocenters. The number of allylic oxidation sites excluding steroid dienone is 2. The summed E-state index contributed by atoms with van der Waals surface area (Å²) < 4.78 is 0. The van der Waals surface area contributed by atoms with E-state index in [1.54, 1.807) is 0 Å². The number of amides is 1. The van der Waals surface area contributed by atoms with Crippen molar-refractivity contribution in [2.75, 3.05) is 26.2 Å². The number of piperazine rings is 1. The molecule has 34 heavy (non-hydrogen) atoms. The van der Waals surface area contributed by atoms with Crippen molar-refractivity contribution < 1.29 is 4.79 Å². The summed E-state index contributed by atoms with van der Waals surface area (Å²) in [7, 11) is 0. The minimum Gasteiger partial charge on any atom is -0.368 e. The van der Waals surface area contributed by atoms with Gasteiger partial charge in [0.05, 0.1) is 10.0 Å². The zero-order valence-electron chi connectivity index (χ0n) is 19.5. The van der Waals surface area contributed by atoms with E-state index < -0.39 is 5.54 Å². The molecule has 1 amide bonds. The Balaban J connectivity index is 1.79. The SMILES string of the molecule is CCCCC1C=C(c2cccc(Cl)c2Cl)C2=C(Cc3ccccc32)C1(C(N)=O)N1CCNCC1. The topological polar surface area (TPSA) is 58.4 Å². The molecule has 3 N–H and O–H groups in total. The van der Waals surface area contributed by atoms with Crippen molar-refractivity contribution in [2.45, 2.75) is 38.1 Å². The molecule has 6 heteroatoms. The van der Waals surface area contributed by atoms with Gasteiger partial charge >= 0.3 is 0 Å². The Bertz CT molecular complexity index is 1180. The van der Waals surface area contributed by atoms with E-state index in [1.165, 1.54) is 5.56 Å². The number of nitrogens with zero attached hydrogens (tertiary/aromatic N) is 1. The maximum Gasteiger partial charge on any atom is 0.242 e. The number of rotatable bonds is 6. The van der Waals surface area contributed by atoms with Crippen LogP contribution in [0.15, 0.2) is 54.1 Å². The Morgan fingerprint density at radius 1 is 1.12 bits per heavy atom. The van der Waals surface area contributed by atoms with Gasteiger partial charge in [0.1, 0.15) is 5.54 Å². The van der Waals surface area contributed by atoms with Gasteiger partial charge in [0.15, 0.2) is 0 Å². The summed E-state index contributed by atoms with van der Waals surface area (Å²) in [5.41, 5.74) is 12.2. The lowest BCUT2D eigenvalue weighted by molar-refractivity contribution is -0.131. The summed E-state index contributed by atoms with van der Waals surface area (Å²) in [5.74, 6) is -0.288. The van der Waals surface area contributed by atoms with E-state index in [-0.39, 0.29) is 11.8 Å². The largest absolute Gasteiger partial charge is 0.368 e. The molecule has 2 atom stereocenters. The Kier molecular flexibility index (Phi) is 6.60. The Morgan fingerprint density at radius 3 is 2.59 bits per heavy atom. The number of benzene rings is 2. The number of primary amides is 1. The van der Waals surface area contributed by atoms with Crippen LogP contribution in [0.5, 0.6) is 0 Å². The molecule has 2 aliphatic carbocycles. The number of hydrogen-bond acceptors (Lipinski definition) is 3. The number of hydrogen-bond donors (Lipinski definition) is 2. The predicted molar refractivity (Wildman–Crippen MR) is 141 cm³/mol. The molecule has 0 aromatic heterocycles. The molecule has 1 aliphatic heterocycles. The number of unbranched alkanes of at least 4 members (excludes halogenated alkanes) is 1. The number of nitrogens with one attached hydrogen (secondary N) is 1. The average molecular weight is 496 g/mol. The summed E-state index contributed by atoms with van der Waals surface area (Å²) in [6.45, 7) is 5.47. The van der Waals surface area contributed by atoms with Gasteiger partial charge in [0, 0.05) is 37.7 Å². The van der Waals surface area contributed by atoms with Crippen LogP contribution >= 0.6 is 23.2 Å². The fourth-order valence-corrected chi connectivity index (χ4v) is 6.61. The summed E-state index contributed by atoms with van der Waals surface area (Å²) >= 11 is 13.2. The normalized spacial score (nSPS) is 24.6. The Hall–Kier alpha value is -2.11. The van der Waals surface area contributed by atoms with Gasteiger partial charge in [-0.2, -0.15) is 0 Å². The second-order valence-electron chi connectivity index (χ2n) is 9.49. The predicted octanol–water partition coefficient (Wildman–Crippen LogP) is 5.34. The zero-order valence-corrected chi connectivity index (χ0v) is 21.1. The first-order chi connectivity index (χ1) is 16.5. The second-order valence-corrected chi connectivity index (χ2v) is 10.3. The Morgan fingerprint density at radius 2 is 1.85 bits per heavy atom. The van der Waals surface area contributed by atoms with Gasteiger partial charge in [-0.05, 0) is 46.8 Å². The first-order valence-corrected chi connectivity index (χ1v) is 13.0. The van der Waals surface area contributed by atoms with Crippen LogP contribution in [0.2, 0.25) is 10.0 Å². The van der Waals surface area contributed by atoms with E-state index in [1.807, 2.05) is 18.2 Å². The highest BCUT2D eigenvalue weighted by molar-refractivity contribution is 6.43. The van der Waals surface area contributed by atoms with Crippen molar-refractivity contribution >= 4 is 40.3 Å². The van der Waals surface area contributed by atoms with Gasteiger partial charge in [0.2, 0.25) is 5.91 Å². The van der Waals surface area contributed by atoms with Gasteiger partial charge in [-0.25, -0.2) is 0 Å². The maximum absolute atomic E-state index is 13.7. The third-order valence-electron chi connectivity index (χ3n) is 7.69. The summed E-state index contributed by atoms with van der Waals surface area (Å²) in [6.07, 6.45) is 5.96. The van der Waals surface area contributed by atoms with Crippen LogP contribution in [0.1, 0.15) is 42.9 Å². The summed E-state index contributed by atoms with van der Waals surface area (Å²) in [5, 5.41) is 4.52. The van der Waals surface area contributed by atoms with Crippen molar-refractivity contribution in [2.24, 2.45) is 11.7 Å². The first kappa shape index (κ1) is 23.6. The molecule has 178 valence electrons. The van der Waals surface area contributed by atoms with E-state index in [0.717, 1.165) is 79.7 Å². The smallest absolute Gasteiger partial charge is 0.242 e. The van der Waals surface area contributed by atoms with Crippen LogP contribution < -0.4 is 11.1 Å². The monoisotopic (exact) mass is 495 g/mol. The van der Waals surface area contributed by atoms with Gasteiger partial charge in [-0.3, -0.25) is 9.69 Å². The fourth-order valence-electron chi connectivity index (χ4n) is 6.20. The lowest BCUT2D eigenvalue weighted by atomic mass is 9.66. The lowest BCUT2D eigenvalue weighted by Crippen LogP contribution is -2.67. The molecular formula is C28H31Cl2N3O. The van der Waals surface area contributed by atoms with Crippen molar-refractivity contribution in [3.63, 3.8) is 0 Å². The molecule has 0 saturated carbocycles. The van der Waals surface area contributed by atoms with E-state index in [0.29, 0.717) is 10.0 Å². The van der Waals surface area contributed by atoms with Crippen LogP contribution in [-0.4, -0.2) is 42.5 Å². The molecule has 1 fully saturated rings. The number of fused-ring (bicyclic) bond motifs is 2. The second kappa shape index (κ2) is 9.50. The van der Waals surface area contributed by atoms with Crippen molar-refractivity contribution in [1.82, 2.24) is 10.2 Å². The lowest BCUT2D eigenvalue weighted by Gasteiger charge is -2.51. The Labute approximate surface area is 211 Å². The number of halogens is 2. The minimum absolute atomic E-state index is 0.0406. The molecule has 0 bridgehead atoms. The van der Waals surface area contributed by atoms with Gasteiger partial charge in [0.25, 0.3) is 0 Å². The highest BCUT2D eigenvalue weighted by atomic mass is 35.5. The third kappa shape index (κ3) is 3.63. The molecule has 0 radical (unpaired) electrons. The third-order valence-corrected chi connectivity index (χ3v) is 8.51. The summed E-state index contributed by atoms with van der Waals surface area (Å²) in [4.78, 5) is 16.0. The number of carbonyl (C=O) groups excluding carboxylic acids is 1. The van der Waals surface area contributed by atoms with Crippen LogP contribution in [0, 0.1) is 5.92 Å². The van der Waals surface area contributed by atoms with E-state index in [2.05, 4.69) is 47.5 Å². The maximum atomic E-state index is 13.7. The van der Waals surface area contributed by atoms with Gasteiger partial charge < -0.3 is 11.1 Å². The molecule has 4 nitrogen and oxygen atoms in total. The molecule has 0 spiro atoms.